The molecule has 3 rings (SSSR count). The summed E-state index contributed by atoms with van der Waals surface area (Å²) in [6.45, 7) is -0.847. The van der Waals surface area contributed by atoms with Gasteiger partial charge in [-0.25, -0.2) is 4.39 Å². The summed E-state index contributed by atoms with van der Waals surface area (Å²) >= 11 is 0. The van der Waals surface area contributed by atoms with Crippen LogP contribution in [0.25, 0.3) is 0 Å². The minimum Gasteiger partial charge on any atom is -0.480 e. The SMILES string of the molecule is C#CCN(CC(=O)O)c1cc2c(cc1F)C(=O)N(C1CCC(=O)NC1=O)C2=O. The van der Waals surface area contributed by atoms with Crippen molar-refractivity contribution in [1.29, 1.82) is 0 Å². The smallest absolute Gasteiger partial charge is 0.323 e. The molecule has 0 radical (unpaired) electrons. The molecule has 1 atom stereocenters. The van der Waals surface area contributed by atoms with Crippen molar-refractivity contribution in [1.82, 2.24) is 10.2 Å². The number of hydrogen-bond donors (Lipinski definition) is 2. The van der Waals surface area contributed by atoms with Crippen molar-refractivity contribution in [3.8, 4) is 12.3 Å². The molecule has 2 aliphatic rings. The van der Waals surface area contributed by atoms with Crippen LogP contribution in [0.15, 0.2) is 12.1 Å². The van der Waals surface area contributed by atoms with E-state index in [0.29, 0.717) is 4.90 Å². The number of carboxylic acid groups (broad SMARTS) is 1. The maximum absolute atomic E-state index is 14.6. The fourth-order valence-electron chi connectivity index (χ4n) is 3.22. The molecule has 1 aromatic rings. The Bertz CT molecular complexity index is 967. The molecule has 0 saturated carbocycles. The summed E-state index contributed by atoms with van der Waals surface area (Å²) in [5.41, 5.74) is -0.657. The number of anilines is 1. The van der Waals surface area contributed by atoms with Crippen molar-refractivity contribution < 1.29 is 33.5 Å². The first-order valence-corrected chi connectivity index (χ1v) is 8.20. The van der Waals surface area contributed by atoms with E-state index >= 15 is 0 Å². The van der Waals surface area contributed by atoms with E-state index in [9.17, 15) is 28.4 Å². The fourth-order valence-corrected chi connectivity index (χ4v) is 3.22. The van der Waals surface area contributed by atoms with Crippen molar-refractivity contribution in [2.45, 2.75) is 18.9 Å². The van der Waals surface area contributed by atoms with Gasteiger partial charge in [-0.3, -0.25) is 34.2 Å². The lowest BCUT2D eigenvalue weighted by Gasteiger charge is -2.27. The van der Waals surface area contributed by atoms with Crippen molar-refractivity contribution in [2.24, 2.45) is 0 Å². The number of terminal acetylenes is 1. The zero-order valence-corrected chi connectivity index (χ0v) is 14.4. The number of nitrogens with zero attached hydrogens (tertiary/aromatic N) is 2. The Morgan fingerprint density at radius 1 is 1.29 bits per heavy atom. The molecule has 1 saturated heterocycles. The highest BCUT2D eigenvalue weighted by atomic mass is 19.1. The summed E-state index contributed by atoms with van der Waals surface area (Å²) in [6, 6.07) is 0.691. The molecule has 2 heterocycles. The van der Waals surface area contributed by atoms with Gasteiger partial charge < -0.3 is 10.0 Å². The molecule has 9 nitrogen and oxygen atoms in total. The summed E-state index contributed by atoms with van der Waals surface area (Å²) in [5.74, 6) is -2.97. The number of carboxylic acids is 1. The topological polar surface area (TPSA) is 124 Å². The number of piperidine rings is 1. The normalized spacial score (nSPS) is 18.6. The zero-order chi connectivity index (χ0) is 20.6. The lowest BCUT2D eigenvalue weighted by molar-refractivity contribution is -0.137. The third kappa shape index (κ3) is 3.18. The van der Waals surface area contributed by atoms with Crippen LogP contribution in [0.2, 0.25) is 0 Å². The molecule has 1 unspecified atom stereocenters. The number of fused-ring (bicyclic) bond motifs is 1. The minimum absolute atomic E-state index is 0.0340. The Balaban J connectivity index is 1.99. The maximum atomic E-state index is 14.6. The molecule has 4 amide bonds. The number of aliphatic carboxylic acids is 1. The molecule has 0 aliphatic carbocycles. The monoisotopic (exact) mass is 387 g/mol. The molecular weight excluding hydrogens is 373 g/mol. The van der Waals surface area contributed by atoms with E-state index < -0.39 is 48.0 Å². The molecule has 1 fully saturated rings. The number of carbonyl (C=O) groups is 5. The van der Waals surface area contributed by atoms with Gasteiger partial charge in [0.2, 0.25) is 11.8 Å². The first-order chi connectivity index (χ1) is 13.2. The van der Waals surface area contributed by atoms with E-state index in [1.807, 2.05) is 0 Å². The minimum atomic E-state index is -1.26. The molecule has 0 spiro atoms. The van der Waals surface area contributed by atoms with Crippen LogP contribution in [-0.2, 0) is 14.4 Å². The Labute approximate surface area is 158 Å². The van der Waals surface area contributed by atoms with Gasteiger partial charge in [-0.2, -0.15) is 0 Å². The molecule has 10 heteroatoms. The van der Waals surface area contributed by atoms with Gasteiger partial charge in [0.05, 0.1) is 23.4 Å². The van der Waals surface area contributed by atoms with Crippen LogP contribution in [0.5, 0.6) is 0 Å². The molecule has 2 N–H and O–H groups in total. The molecule has 0 bridgehead atoms. The lowest BCUT2D eigenvalue weighted by atomic mass is 10.0. The average Bonchev–Trinajstić information content (AvgIpc) is 2.84. The Kier molecular flexibility index (Phi) is 4.83. The van der Waals surface area contributed by atoms with Crippen molar-refractivity contribution in [2.75, 3.05) is 18.0 Å². The molecule has 28 heavy (non-hydrogen) atoms. The summed E-state index contributed by atoms with van der Waals surface area (Å²) in [7, 11) is 0. The number of nitrogens with one attached hydrogen (secondary N) is 1. The third-order valence-electron chi connectivity index (χ3n) is 4.46. The number of halogens is 1. The quantitative estimate of drug-likeness (QED) is 0.527. The highest BCUT2D eigenvalue weighted by molar-refractivity contribution is 6.23. The number of rotatable bonds is 5. The van der Waals surface area contributed by atoms with Gasteiger partial charge in [0.25, 0.3) is 11.8 Å². The molecule has 2 aliphatic heterocycles. The highest BCUT2D eigenvalue weighted by Crippen LogP contribution is 2.32. The van der Waals surface area contributed by atoms with Crippen LogP contribution in [0.1, 0.15) is 33.6 Å². The van der Waals surface area contributed by atoms with E-state index in [2.05, 4.69) is 11.2 Å². The summed E-state index contributed by atoms with van der Waals surface area (Å²) in [6.07, 6.45) is 5.11. The van der Waals surface area contributed by atoms with Crippen LogP contribution in [0.3, 0.4) is 0 Å². The van der Waals surface area contributed by atoms with Crippen LogP contribution in [-0.4, -0.2) is 58.7 Å². The van der Waals surface area contributed by atoms with Crippen molar-refractivity contribution in [3.63, 3.8) is 0 Å². The van der Waals surface area contributed by atoms with Gasteiger partial charge in [0.1, 0.15) is 18.4 Å². The maximum Gasteiger partial charge on any atom is 0.323 e. The second-order valence-electron chi connectivity index (χ2n) is 6.25. The van der Waals surface area contributed by atoms with Gasteiger partial charge in [-0.1, -0.05) is 5.92 Å². The Morgan fingerprint density at radius 2 is 1.93 bits per heavy atom. The first-order valence-electron chi connectivity index (χ1n) is 8.20. The van der Waals surface area contributed by atoms with Gasteiger partial charge in [0, 0.05) is 6.42 Å². The molecule has 0 aromatic heterocycles. The number of imide groups is 2. The molecule has 1 aromatic carbocycles. The largest absolute Gasteiger partial charge is 0.480 e. The van der Waals surface area contributed by atoms with Gasteiger partial charge in [0.15, 0.2) is 0 Å². The van der Waals surface area contributed by atoms with Crippen molar-refractivity contribution >= 4 is 35.3 Å². The van der Waals surface area contributed by atoms with Crippen LogP contribution < -0.4 is 10.2 Å². The number of carbonyl (C=O) groups excluding carboxylic acids is 4. The van der Waals surface area contributed by atoms with Crippen molar-refractivity contribution in [3.05, 3.63) is 29.1 Å². The van der Waals surface area contributed by atoms with Crippen LogP contribution in [0, 0.1) is 18.2 Å². The van der Waals surface area contributed by atoms with E-state index in [-0.39, 0.29) is 36.2 Å². The van der Waals surface area contributed by atoms with E-state index in [4.69, 9.17) is 11.5 Å². The fraction of sp³-hybridized carbons (Fsp3) is 0.278. The highest BCUT2D eigenvalue weighted by Gasteiger charge is 2.45. The first kappa shape index (κ1) is 19.0. The van der Waals surface area contributed by atoms with E-state index in [0.717, 1.165) is 17.0 Å². The molecule has 144 valence electrons. The second-order valence-corrected chi connectivity index (χ2v) is 6.25. The van der Waals surface area contributed by atoms with E-state index in [1.54, 1.807) is 0 Å². The standard InChI is InChI=1S/C18H14FN3O6/c1-2-5-21(8-15(24)25)13-7-10-9(6-11(13)19)17(27)22(18(10)28)12-3-4-14(23)20-16(12)26/h1,6-7,12H,3-5,8H2,(H,24,25)(H,20,23,26). The Hall–Kier alpha value is -3.74. The summed E-state index contributed by atoms with van der Waals surface area (Å²) in [5, 5.41) is 11.0. The summed E-state index contributed by atoms with van der Waals surface area (Å²) in [4.78, 5) is 61.4. The predicted octanol–water partition coefficient (Wildman–Crippen LogP) is -0.249. The number of amides is 4. The average molecular weight is 387 g/mol. The summed E-state index contributed by atoms with van der Waals surface area (Å²) < 4.78 is 14.6. The zero-order valence-electron chi connectivity index (χ0n) is 14.4. The van der Waals surface area contributed by atoms with Crippen LogP contribution in [0.4, 0.5) is 10.1 Å². The number of hydrogen-bond acceptors (Lipinski definition) is 6. The predicted molar refractivity (Wildman–Crippen MR) is 91.8 cm³/mol. The molecular formula is C18H14FN3O6. The van der Waals surface area contributed by atoms with Gasteiger partial charge in [-0.15, -0.1) is 6.42 Å². The number of benzene rings is 1. The van der Waals surface area contributed by atoms with Gasteiger partial charge in [-0.05, 0) is 18.6 Å². The second kappa shape index (κ2) is 7.11. The van der Waals surface area contributed by atoms with E-state index in [1.165, 1.54) is 0 Å². The Morgan fingerprint density at radius 3 is 2.50 bits per heavy atom. The lowest BCUT2D eigenvalue weighted by Crippen LogP contribution is -2.54. The third-order valence-corrected chi connectivity index (χ3v) is 4.46. The van der Waals surface area contributed by atoms with Crippen LogP contribution >= 0.6 is 0 Å². The van der Waals surface area contributed by atoms with Gasteiger partial charge >= 0.3 is 5.97 Å².